The largest absolute Gasteiger partial charge is 0.310 e. The molecule has 0 fully saturated rings. The maximum absolute atomic E-state index is 2.41. The summed E-state index contributed by atoms with van der Waals surface area (Å²) >= 11 is 0. The molecule has 6 rings (SSSR count). The van der Waals surface area contributed by atoms with Crippen molar-refractivity contribution in [2.24, 2.45) is 0 Å². The average molecular weight is 669 g/mol. The van der Waals surface area contributed by atoms with E-state index in [2.05, 4.69) is 209 Å². The van der Waals surface area contributed by atoms with Gasteiger partial charge in [0.1, 0.15) is 0 Å². The Morgan fingerprint density at radius 3 is 1.75 bits per heavy atom. The Morgan fingerprint density at radius 2 is 1.14 bits per heavy atom. The summed E-state index contributed by atoms with van der Waals surface area (Å²) in [5.41, 5.74) is 14.5. The summed E-state index contributed by atoms with van der Waals surface area (Å²) in [6.07, 6.45) is 11.8. The number of aryl methyl sites for hydroxylation is 2. The minimum Gasteiger partial charge on any atom is -0.310 e. The minimum absolute atomic E-state index is 0.947. The smallest absolute Gasteiger partial charge is 0.0569 e. The van der Waals surface area contributed by atoms with Crippen LogP contribution in [0.5, 0.6) is 0 Å². The van der Waals surface area contributed by atoms with Gasteiger partial charge in [-0.3, -0.25) is 0 Å². The average Bonchev–Trinajstić information content (AvgIpc) is 3.18. The molecule has 0 atom stereocenters. The fraction of sp³-hybridized carbons (Fsp3) is 0.184. The summed E-state index contributed by atoms with van der Waals surface area (Å²) in [6, 6.07) is 46.3. The highest BCUT2D eigenvalue weighted by molar-refractivity contribution is 5.99. The van der Waals surface area contributed by atoms with Gasteiger partial charge in [0.15, 0.2) is 0 Å². The van der Waals surface area contributed by atoms with E-state index in [9.17, 15) is 0 Å². The van der Waals surface area contributed by atoms with E-state index in [-0.39, 0.29) is 0 Å². The zero-order valence-corrected chi connectivity index (χ0v) is 31.6. The second kappa shape index (κ2) is 17.4. The number of fused-ring (bicyclic) bond motifs is 1. The summed E-state index contributed by atoms with van der Waals surface area (Å²) in [7, 11) is 0. The molecule has 0 aliphatic carbocycles. The first-order valence-electron chi connectivity index (χ1n) is 18.4. The van der Waals surface area contributed by atoms with Crippen LogP contribution in [0.2, 0.25) is 0 Å². The highest BCUT2D eigenvalue weighted by atomic mass is 15.2. The standard InChI is InChI=1S/C47H46N2.C2H6/c1-7-16-38-24-22-34(5)46(44(38)10-4)49(41-19-12-11-13-20-41)43-32-28-37(29-33-43)36-26-30-42(31-27-36)48(40(9-3)17-8-2)47-35(6)23-25-39-18-14-15-21-45(39)47;1-2/h7-9,11-33H,10H2,1-6H3;1-2H3/b16-7-,17-8-,40-9+;. The number of benzene rings is 6. The monoisotopic (exact) mass is 668 g/mol. The molecule has 0 amide bonds. The van der Waals surface area contributed by atoms with Gasteiger partial charge in [-0.05, 0) is 122 Å². The molecule has 6 aromatic carbocycles. The topological polar surface area (TPSA) is 6.48 Å². The molecule has 51 heavy (non-hydrogen) atoms. The highest BCUT2D eigenvalue weighted by Gasteiger charge is 2.21. The molecule has 0 unspecified atom stereocenters. The van der Waals surface area contributed by atoms with Crippen molar-refractivity contribution in [3.05, 3.63) is 180 Å². The van der Waals surface area contributed by atoms with Gasteiger partial charge in [-0.25, -0.2) is 0 Å². The molecule has 6 aromatic rings. The lowest BCUT2D eigenvalue weighted by molar-refractivity contribution is 1.09. The van der Waals surface area contributed by atoms with Crippen molar-refractivity contribution in [1.82, 2.24) is 0 Å². The van der Waals surface area contributed by atoms with Crippen LogP contribution in [0.15, 0.2) is 157 Å². The maximum atomic E-state index is 2.41. The number of anilines is 5. The number of hydrogen-bond acceptors (Lipinski definition) is 2. The second-order valence-electron chi connectivity index (χ2n) is 12.4. The van der Waals surface area contributed by atoms with Gasteiger partial charge in [-0.2, -0.15) is 0 Å². The molecule has 0 radical (unpaired) electrons. The molecule has 0 saturated heterocycles. The van der Waals surface area contributed by atoms with Gasteiger partial charge in [0.05, 0.1) is 11.4 Å². The van der Waals surface area contributed by atoms with E-state index in [0.717, 1.165) is 29.2 Å². The lowest BCUT2D eigenvalue weighted by Crippen LogP contribution is -2.16. The third-order valence-corrected chi connectivity index (χ3v) is 9.26. The van der Waals surface area contributed by atoms with Crippen LogP contribution in [0, 0.1) is 13.8 Å². The Kier molecular flexibility index (Phi) is 12.5. The Hall–Kier alpha value is -5.60. The number of para-hydroxylation sites is 1. The second-order valence-corrected chi connectivity index (χ2v) is 12.4. The molecular formula is C49H52N2. The summed E-state index contributed by atoms with van der Waals surface area (Å²) in [4.78, 5) is 4.80. The molecule has 0 spiro atoms. The number of nitrogens with zero attached hydrogens (tertiary/aromatic N) is 2. The normalized spacial score (nSPS) is 11.6. The first kappa shape index (κ1) is 36.7. The number of rotatable bonds is 10. The Bertz CT molecular complexity index is 2130. The molecule has 2 nitrogen and oxygen atoms in total. The van der Waals surface area contributed by atoms with Crippen molar-refractivity contribution in [2.75, 3.05) is 9.80 Å². The van der Waals surface area contributed by atoms with Gasteiger partial charge in [-0.15, -0.1) is 0 Å². The molecule has 0 aliphatic heterocycles. The third-order valence-electron chi connectivity index (χ3n) is 9.26. The van der Waals surface area contributed by atoms with Crippen LogP contribution in [0.25, 0.3) is 28.0 Å². The predicted octanol–water partition coefficient (Wildman–Crippen LogP) is 14.8. The van der Waals surface area contributed by atoms with Crippen LogP contribution in [0.1, 0.15) is 63.8 Å². The SMILES string of the molecule is C/C=C\C(=C/C)N(c1ccc(-c2ccc(N(c3ccccc3)c3c(C)ccc(/C=C\C)c3CC)cc2)cc1)c1c(C)ccc2ccccc12.CC. The fourth-order valence-corrected chi connectivity index (χ4v) is 6.92. The molecule has 0 N–H and O–H groups in total. The van der Waals surface area contributed by atoms with Crippen molar-refractivity contribution >= 4 is 45.3 Å². The summed E-state index contributed by atoms with van der Waals surface area (Å²) in [5.74, 6) is 0. The Labute approximate surface area is 306 Å². The van der Waals surface area contributed by atoms with Crippen molar-refractivity contribution in [2.45, 2.75) is 61.8 Å². The van der Waals surface area contributed by atoms with Crippen molar-refractivity contribution in [3.8, 4) is 11.1 Å². The minimum atomic E-state index is 0.947. The van der Waals surface area contributed by atoms with Gasteiger partial charge in [0.25, 0.3) is 0 Å². The number of allylic oxidation sites excluding steroid dienone is 4. The van der Waals surface area contributed by atoms with E-state index in [4.69, 9.17) is 0 Å². The van der Waals surface area contributed by atoms with Crippen molar-refractivity contribution < 1.29 is 0 Å². The summed E-state index contributed by atoms with van der Waals surface area (Å²) in [6.45, 7) is 16.9. The van der Waals surface area contributed by atoms with Crippen molar-refractivity contribution in [3.63, 3.8) is 0 Å². The lowest BCUT2D eigenvalue weighted by Gasteiger charge is -2.30. The quantitative estimate of drug-likeness (QED) is 0.134. The van der Waals surface area contributed by atoms with Gasteiger partial charge < -0.3 is 9.80 Å². The first-order valence-corrected chi connectivity index (χ1v) is 18.4. The van der Waals surface area contributed by atoms with E-state index in [1.54, 1.807) is 0 Å². The molecule has 0 aliphatic rings. The predicted molar refractivity (Wildman–Crippen MR) is 226 cm³/mol. The fourth-order valence-electron chi connectivity index (χ4n) is 6.92. The van der Waals surface area contributed by atoms with Gasteiger partial charge in [-0.1, -0.05) is 136 Å². The molecule has 258 valence electrons. The summed E-state index contributed by atoms with van der Waals surface area (Å²) in [5, 5.41) is 2.48. The van der Waals surface area contributed by atoms with E-state index in [1.165, 1.54) is 55.5 Å². The van der Waals surface area contributed by atoms with Gasteiger partial charge in [0, 0.05) is 28.1 Å². The lowest BCUT2D eigenvalue weighted by atomic mass is 9.96. The van der Waals surface area contributed by atoms with Crippen LogP contribution >= 0.6 is 0 Å². The molecule has 2 heteroatoms. The molecule has 0 heterocycles. The van der Waals surface area contributed by atoms with Crippen LogP contribution < -0.4 is 9.80 Å². The van der Waals surface area contributed by atoms with Crippen LogP contribution in [-0.4, -0.2) is 0 Å². The highest BCUT2D eigenvalue weighted by Crippen LogP contribution is 2.42. The van der Waals surface area contributed by atoms with Crippen LogP contribution in [0.4, 0.5) is 28.4 Å². The molecule has 0 saturated carbocycles. The van der Waals surface area contributed by atoms with E-state index in [1.807, 2.05) is 13.8 Å². The first-order chi connectivity index (χ1) is 25.0. The zero-order chi connectivity index (χ0) is 36.3. The third kappa shape index (κ3) is 7.76. The van der Waals surface area contributed by atoms with E-state index < -0.39 is 0 Å². The van der Waals surface area contributed by atoms with Gasteiger partial charge in [0.2, 0.25) is 0 Å². The van der Waals surface area contributed by atoms with E-state index in [0.29, 0.717) is 0 Å². The van der Waals surface area contributed by atoms with Crippen LogP contribution in [0.3, 0.4) is 0 Å². The molecule has 0 bridgehead atoms. The summed E-state index contributed by atoms with van der Waals surface area (Å²) < 4.78 is 0. The molecular weight excluding hydrogens is 617 g/mol. The molecule has 0 aromatic heterocycles. The van der Waals surface area contributed by atoms with Crippen molar-refractivity contribution in [1.29, 1.82) is 0 Å². The number of hydrogen-bond donors (Lipinski definition) is 0. The van der Waals surface area contributed by atoms with Crippen LogP contribution in [-0.2, 0) is 6.42 Å². The zero-order valence-electron chi connectivity index (χ0n) is 31.6. The van der Waals surface area contributed by atoms with E-state index >= 15 is 0 Å². The van der Waals surface area contributed by atoms with Gasteiger partial charge >= 0.3 is 0 Å². The Balaban J connectivity index is 0.00000248. The Morgan fingerprint density at radius 1 is 0.569 bits per heavy atom. The maximum Gasteiger partial charge on any atom is 0.0569 e.